The first-order valence-electron chi connectivity index (χ1n) is 7.12. The number of pyridine rings is 2. The van der Waals surface area contributed by atoms with Crippen LogP contribution >= 0.6 is 11.3 Å². The number of anilines is 2. The fourth-order valence-electron chi connectivity index (χ4n) is 1.94. The van der Waals surface area contributed by atoms with Crippen LogP contribution in [-0.2, 0) is 6.42 Å². The van der Waals surface area contributed by atoms with Crippen molar-refractivity contribution < 1.29 is 4.79 Å². The molecule has 0 aliphatic rings. The molecule has 2 N–H and O–H groups in total. The molecule has 0 aliphatic heterocycles. The fourth-order valence-corrected chi connectivity index (χ4v) is 2.64. The van der Waals surface area contributed by atoms with Gasteiger partial charge in [0.1, 0.15) is 11.5 Å². The van der Waals surface area contributed by atoms with E-state index in [4.69, 9.17) is 0 Å². The topological polar surface area (TPSA) is 79.8 Å². The number of amides is 1. The van der Waals surface area contributed by atoms with Gasteiger partial charge >= 0.3 is 0 Å². The minimum absolute atomic E-state index is 0.177. The van der Waals surface area contributed by atoms with Gasteiger partial charge in [-0.25, -0.2) is 9.97 Å². The summed E-state index contributed by atoms with van der Waals surface area (Å²) in [5, 5.41) is 8.31. The number of thiazole rings is 1. The number of rotatable bonds is 6. The van der Waals surface area contributed by atoms with Crippen molar-refractivity contribution >= 4 is 28.2 Å². The van der Waals surface area contributed by atoms with Gasteiger partial charge in [-0.1, -0.05) is 6.07 Å². The Hall–Kier alpha value is -2.80. The second kappa shape index (κ2) is 7.46. The van der Waals surface area contributed by atoms with E-state index in [0.717, 1.165) is 12.0 Å². The average Bonchev–Trinajstić information content (AvgIpc) is 3.05. The summed E-state index contributed by atoms with van der Waals surface area (Å²) in [4.78, 5) is 24.5. The van der Waals surface area contributed by atoms with Crippen molar-refractivity contribution in [2.45, 2.75) is 6.42 Å². The van der Waals surface area contributed by atoms with E-state index in [1.807, 2.05) is 30.3 Å². The van der Waals surface area contributed by atoms with Crippen LogP contribution in [0.3, 0.4) is 0 Å². The molecule has 0 fully saturated rings. The second-order valence-electron chi connectivity index (χ2n) is 4.74. The molecule has 0 saturated heterocycles. The van der Waals surface area contributed by atoms with Gasteiger partial charge in [-0.3, -0.25) is 9.78 Å². The maximum Gasteiger partial charge on any atom is 0.270 e. The van der Waals surface area contributed by atoms with Crippen LogP contribution in [-0.4, -0.2) is 27.4 Å². The van der Waals surface area contributed by atoms with Crippen LogP contribution in [0.5, 0.6) is 0 Å². The second-order valence-corrected chi connectivity index (χ2v) is 5.60. The van der Waals surface area contributed by atoms with Crippen LogP contribution in [0.4, 0.5) is 10.9 Å². The molecule has 3 rings (SSSR count). The largest absolute Gasteiger partial charge is 0.350 e. The molecule has 0 unspecified atom stereocenters. The summed E-state index contributed by atoms with van der Waals surface area (Å²) in [6, 6.07) is 9.44. The Morgan fingerprint density at radius 2 is 2.00 bits per heavy atom. The Bertz CT molecular complexity index is 760. The molecule has 7 heteroatoms. The summed E-state index contributed by atoms with van der Waals surface area (Å²) < 4.78 is 0. The van der Waals surface area contributed by atoms with Gasteiger partial charge in [0.25, 0.3) is 5.91 Å². The molecule has 0 atom stereocenters. The summed E-state index contributed by atoms with van der Waals surface area (Å²) >= 11 is 1.37. The van der Waals surface area contributed by atoms with Crippen LogP contribution in [0.15, 0.2) is 54.3 Å². The Labute approximate surface area is 137 Å². The standard InChI is InChI=1S/C16H15N5OS/c22-15(19-10-6-12-4-8-17-9-5-12)13-11-23-16(20-13)21-14-3-1-2-7-18-14/h1-5,7-9,11H,6,10H2,(H,19,22)(H,18,20,21). The van der Waals surface area contributed by atoms with Gasteiger partial charge in [0, 0.05) is 30.5 Å². The Balaban J connectivity index is 1.52. The molecule has 3 heterocycles. The van der Waals surface area contributed by atoms with Gasteiger partial charge in [-0.05, 0) is 36.2 Å². The van der Waals surface area contributed by atoms with Crippen LogP contribution in [0.2, 0.25) is 0 Å². The SMILES string of the molecule is O=C(NCCc1ccncc1)c1csc(Nc2ccccn2)n1. The molecule has 23 heavy (non-hydrogen) atoms. The molecule has 0 aromatic carbocycles. The number of aromatic nitrogens is 3. The summed E-state index contributed by atoms with van der Waals surface area (Å²) in [5.41, 5.74) is 1.54. The Morgan fingerprint density at radius 3 is 2.78 bits per heavy atom. The first-order chi connectivity index (χ1) is 11.3. The molecular weight excluding hydrogens is 310 g/mol. The van der Waals surface area contributed by atoms with Crippen molar-refractivity contribution in [2.24, 2.45) is 0 Å². The van der Waals surface area contributed by atoms with Crippen LogP contribution in [0.1, 0.15) is 16.1 Å². The highest BCUT2D eigenvalue weighted by Crippen LogP contribution is 2.19. The van der Waals surface area contributed by atoms with E-state index in [9.17, 15) is 4.79 Å². The minimum atomic E-state index is -0.177. The number of nitrogens with zero attached hydrogens (tertiary/aromatic N) is 3. The van der Waals surface area contributed by atoms with Crippen molar-refractivity contribution in [3.05, 3.63) is 65.6 Å². The van der Waals surface area contributed by atoms with Gasteiger partial charge < -0.3 is 10.6 Å². The van der Waals surface area contributed by atoms with E-state index < -0.39 is 0 Å². The van der Waals surface area contributed by atoms with Gasteiger partial charge in [0.15, 0.2) is 5.13 Å². The monoisotopic (exact) mass is 325 g/mol. The zero-order valence-corrected chi connectivity index (χ0v) is 13.1. The quantitative estimate of drug-likeness (QED) is 0.728. The van der Waals surface area contributed by atoms with Crippen LogP contribution in [0.25, 0.3) is 0 Å². The van der Waals surface area contributed by atoms with Gasteiger partial charge in [0.2, 0.25) is 0 Å². The summed E-state index contributed by atoms with van der Waals surface area (Å²) in [6.45, 7) is 0.559. The molecule has 3 aromatic heterocycles. The normalized spacial score (nSPS) is 10.3. The molecule has 3 aromatic rings. The lowest BCUT2D eigenvalue weighted by atomic mass is 10.2. The molecule has 0 spiro atoms. The third-order valence-corrected chi connectivity index (χ3v) is 3.84. The van der Waals surface area contributed by atoms with E-state index in [2.05, 4.69) is 25.6 Å². The smallest absolute Gasteiger partial charge is 0.270 e. The first-order valence-corrected chi connectivity index (χ1v) is 8.00. The predicted molar refractivity (Wildman–Crippen MR) is 89.9 cm³/mol. The third-order valence-electron chi connectivity index (χ3n) is 3.09. The molecular formula is C16H15N5OS. The summed E-state index contributed by atoms with van der Waals surface area (Å²) in [7, 11) is 0. The predicted octanol–water partition coefficient (Wildman–Crippen LogP) is 2.65. The number of carbonyl (C=O) groups is 1. The van der Waals surface area contributed by atoms with Crippen molar-refractivity contribution in [1.82, 2.24) is 20.3 Å². The van der Waals surface area contributed by atoms with E-state index in [-0.39, 0.29) is 5.91 Å². The zero-order chi connectivity index (χ0) is 15.9. The Morgan fingerprint density at radius 1 is 1.13 bits per heavy atom. The summed E-state index contributed by atoms with van der Waals surface area (Å²) in [6.07, 6.45) is 5.94. The fraction of sp³-hybridized carbons (Fsp3) is 0.125. The highest BCUT2D eigenvalue weighted by atomic mass is 32.1. The van der Waals surface area contributed by atoms with E-state index in [1.54, 1.807) is 24.0 Å². The molecule has 0 radical (unpaired) electrons. The van der Waals surface area contributed by atoms with Crippen molar-refractivity contribution in [3.63, 3.8) is 0 Å². The van der Waals surface area contributed by atoms with E-state index in [0.29, 0.717) is 23.2 Å². The molecule has 116 valence electrons. The maximum absolute atomic E-state index is 12.1. The lowest BCUT2D eigenvalue weighted by Crippen LogP contribution is -2.25. The molecule has 0 aliphatic carbocycles. The highest BCUT2D eigenvalue weighted by Gasteiger charge is 2.10. The lowest BCUT2D eigenvalue weighted by Gasteiger charge is -2.03. The highest BCUT2D eigenvalue weighted by molar-refractivity contribution is 7.14. The van der Waals surface area contributed by atoms with Crippen molar-refractivity contribution in [2.75, 3.05) is 11.9 Å². The van der Waals surface area contributed by atoms with Gasteiger partial charge in [0.05, 0.1) is 0 Å². The van der Waals surface area contributed by atoms with Crippen molar-refractivity contribution in [3.8, 4) is 0 Å². The Kier molecular flexibility index (Phi) is 4.90. The lowest BCUT2D eigenvalue weighted by molar-refractivity contribution is 0.0950. The molecule has 6 nitrogen and oxygen atoms in total. The number of carbonyl (C=O) groups excluding carboxylic acids is 1. The van der Waals surface area contributed by atoms with Crippen molar-refractivity contribution in [1.29, 1.82) is 0 Å². The average molecular weight is 325 g/mol. The van der Waals surface area contributed by atoms with Gasteiger partial charge in [-0.2, -0.15) is 0 Å². The molecule has 1 amide bonds. The minimum Gasteiger partial charge on any atom is -0.350 e. The third kappa shape index (κ3) is 4.33. The maximum atomic E-state index is 12.1. The van der Waals surface area contributed by atoms with Crippen LogP contribution < -0.4 is 10.6 Å². The number of hydrogen-bond acceptors (Lipinski definition) is 6. The molecule has 0 saturated carbocycles. The van der Waals surface area contributed by atoms with Crippen LogP contribution in [0, 0.1) is 0 Å². The number of hydrogen-bond donors (Lipinski definition) is 2. The number of nitrogens with one attached hydrogen (secondary N) is 2. The first kappa shape index (κ1) is 15.1. The zero-order valence-electron chi connectivity index (χ0n) is 12.3. The van der Waals surface area contributed by atoms with E-state index in [1.165, 1.54) is 11.3 Å². The van der Waals surface area contributed by atoms with Gasteiger partial charge in [-0.15, -0.1) is 11.3 Å². The summed E-state index contributed by atoms with van der Waals surface area (Å²) in [5.74, 6) is 0.524. The molecule has 0 bridgehead atoms. The van der Waals surface area contributed by atoms with E-state index >= 15 is 0 Å².